The molecule has 2 aromatic rings. The van der Waals surface area contributed by atoms with Crippen molar-refractivity contribution in [3.8, 4) is 0 Å². The normalized spacial score (nSPS) is 17.1. The number of amides is 2. The van der Waals surface area contributed by atoms with Crippen molar-refractivity contribution in [3.05, 3.63) is 60.2 Å². The molecular weight excluding hydrogens is 414 g/mol. The summed E-state index contributed by atoms with van der Waals surface area (Å²) in [5.41, 5.74) is 2.28. The lowest BCUT2D eigenvalue weighted by Gasteiger charge is -2.31. The summed E-state index contributed by atoms with van der Waals surface area (Å²) >= 11 is 0. The molecule has 1 aliphatic heterocycles. The number of piperidine rings is 1. The fraction of sp³-hybridized carbons (Fsp3) is 0.391. The zero-order valence-corrected chi connectivity index (χ0v) is 18.5. The molecule has 2 amide bonds. The number of nitrogens with one attached hydrogen (secondary N) is 2. The Labute approximate surface area is 183 Å². The molecule has 8 heteroatoms. The zero-order valence-electron chi connectivity index (χ0n) is 17.7. The van der Waals surface area contributed by atoms with Crippen molar-refractivity contribution >= 4 is 33.2 Å². The quantitative estimate of drug-likeness (QED) is 0.655. The first-order chi connectivity index (χ1) is 14.8. The van der Waals surface area contributed by atoms with Crippen LogP contribution in [0.1, 0.15) is 31.7 Å². The highest BCUT2D eigenvalue weighted by molar-refractivity contribution is 7.89. The second-order valence-corrected chi connectivity index (χ2v) is 9.94. The summed E-state index contributed by atoms with van der Waals surface area (Å²) in [5.74, 6) is -0.718. The maximum atomic E-state index is 12.8. The molecule has 2 aromatic carbocycles. The van der Waals surface area contributed by atoms with Crippen molar-refractivity contribution < 1.29 is 18.0 Å². The second kappa shape index (κ2) is 10.5. The highest BCUT2D eigenvalue weighted by Gasteiger charge is 2.32. The zero-order chi connectivity index (χ0) is 22.3. The predicted molar refractivity (Wildman–Crippen MR) is 122 cm³/mol. The third-order valence-electron chi connectivity index (χ3n) is 5.31. The summed E-state index contributed by atoms with van der Waals surface area (Å²) in [4.78, 5) is 24.0. The van der Waals surface area contributed by atoms with E-state index in [0.717, 1.165) is 5.56 Å². The largest absolute Gasteiger partial charge is 0.326 e. The molecule has 1 heterocycles. The Balaban J connectivity index is 1.55. The lowest BCUT2D eigenvalue weighted by molar-refractivity contribution is -0.121. The number of hydrogen-bond donors (Lipinski definition) is 2. The van der Waals surface area contributed by atoms with Gasteiger partial charge in [0.2, 0.25) is 21.8 Å². The predicted octanol–water partition coefficient (Wildman–Crippen LogP) is 3.26. The van der Waals surface area contributed by atoms with Crippen LogP contribution in [0.5, 0.6) is 0 Å². The van der Waals surface area contributed by atoms with Crippen LogP contribution in [0.4, 0.5) is 11.4 Å². The summed E-state index contributed by atoms with van der Waals surface area (Å²) in [6, 6.07) is 16.7. The van der Waals surface area contributed by atoms with Gasteiger partial charge < -0.3 is 10.6 Å². The monoisotopic (exact) mass is 443 g/mol. The van der Waals surface area contributed by atoms with Crippen molar-refractivity contribution in [2.45, 2.75) is 32.6 Å². The van der Waals surface area contributed by atoms with E-state index in [2.05, 4.69) is 10.6 Å². The van der Waals surface area contributed by atoms with E-state index in [1.165, 1.54) is 11.2 Å². The summed E-state index contributed by atoms with van der Waals surface area (Å²) in [6.45, 7) is 2.07. The molecule has 1 aliphatic rings. The SMILES string of the molecule is CC(=O)Nc1cccc(NC(=O)[C@H]2CCCN(S(=O)(=O)CCCc3ccccc3)C2)c1. The van der Waals surface area contributed by atoms with Gasteiger partial charge in [0.25, 0.3) is 0 Å². The van der Waals surface area contributed by atoms with Gasteiger partial charge in [0.05, 0.1) is 11.7 Å². The lowest BCUT2D eigenvalue weighted by Crippen LogP contribution is -2.44. The minimum atomic E-state index is -3.41. The van der Waals surface area contributed by atoms with Crippen LogP contribution < -0.4 is 10.6 Å². The molecule has 2 N–H and O–H groups in total. The number of carbonyl (C=O) groups is 2. The van der Waals surface area contributed by atoms with Crippen LogP contribution in [0.2, 0.25) is 0 Å². The van der Waals surface area contributed by atoms with Crippen molar-refractivity contribution in [2.24, 2.45) is 5.92 Å². The highest BCUT2D eigenvalue weighted by Crippen LogP contribution is 2.23. The molecule has 7 nitrogen and oxygen atoms in total. The molecule has 0 radical (unpaired) electrons. The number of aryl methyl sites for hydroxylation is 1. The summed E-state index contributed by atoms with van der Waals surface area (Å²) in [5, 5.41) is 5.53. The minimum absolute atomic E-state index is 0.0784. The second-order valence-electron chi connectivity index (χ2n) is 7.85. The molecule has 3 rings (SSSR count). The van der Waals surface area contributed by atoms with Gasteiger partial charge in [-0.05, 0) is 49.4 Å². The molecule has 1 saturated heterocycles. The first-order valence-electron chi connectivity index (χ1n) is 10.5. The van der Waals surface area contributed by atoms with Gasteiger partial charge in [-0.15, -0.1) is 0 Å². The minimum Gasteiger partial charge on any atom is -0.326 e. The maximum Gasteiger partial charge on any atom is 0.228 e. The van der Waals surface area contributed by atoms with E-state index < -0.39 is 15.9 Å². The van der Waals surface area contributed by atoms with Crippen molar-refractivity contribution in [1.82, 2.24) is 4.31 Å². The smallest absolute Gasteiger partial charge is 0.228 e. The molecule has 0 aliphatic carbocycles. The number of nitrogens with zero attached hydrogens (tertiary/aromatic N) is 1. The van der Waals surface area contributed by atoms with Crippen molar-refractivity contribution in [3.63, 3.8) is 0 Å². The van der Waals surface area contributed by atoms with Crippen molar-refractivity contribution in [1.29, 1.82) is 0 Å². The lowest BCUT2D eigenvalue weighted by atomic mass is 9.98. The van der Waals surface area contributed by atoms with Crippen LogP contribution in [0.15, 0.2) is 54.6 Å². The van der Waals surface area contributed by atoms with Gasteiger partial charge in [-0.25, -0.2) is 12.7 Å². The third kappa shape index (κ3) is 6.90. The molecule has 0 aromatic heterocycles. The number of carbonyl (C=O) groups excluding carboxylic acids is 2. The summed E-state index contributed by atoms with van der Waals surface area (Å²) < 4.78 is 27.1. The number of hydrogen-bond acceptors (Lipinski definition) is 4. The Morgan fingerprint density at radius 2 is 1.74 bits per heavy atom. The first kappa shape index (κ1) is 23.0. The molecule has 166 valence electrons. The van der Waals surface area contributed by atoms with Gasteiger partial charge in [0.15, 0.2) is 0 Å². The van der Waals surface area contributed by atoms with E-state index in [-0.39, 0.29) is 24.1 Å². The third-order valence-corrected chi connectivity index (χ3v) is 7.23. The van der Waals surface area contributed by atoms with E-state index in [0.29, 0.717) is 43.6 Å². The van der Waals surface area contributed by atoms with Gasteiger partial charge in [-0.1, -0.05) is 36.4 Å². The van der Waals surface area contributed by atoms with Crippen LogP contribution in [0.25, 0.3) is 0 Å². The van der Waals surface area contributed by atoms with Crippen LogP contribution in [-0.2, 0) is 26.0 Å². The molecule has 31 heavy (non-hydrogen) atoms. The molecule has 0 unspecified atom stereocenters. The molecule has 0 bridgehead atoms. The Morgan fingerprint density at radius 3 is 2.45 bits per heavy atom. The van der Waals surface area contributed by atoms with Crippen molar-refractivity contribution in [2.75, 3.05) is 29.5 Å². The topological polar surface area (TPSA) is 95.6 Å². The van der Waals surface area contributed by atoms with Gasteiger partial charge in [0.1, 0.15) is 0 Å². The number of sulfonamides is 1. The molecule has 1 atom stereocenters. The number of benzene rings is 2. The fourth-order valence-corrected chi connectivity index (χ4v) is 5.35. The molecule has 0 saturated carbocycles. The Kier molecular flexibility index (Phi) is 7.81. The van der Waals surface area contributed by atoms with E-state index in [9.17, 15) is 18.0 Å². The average Bonchev–Trinajstić information content (AvgIpc) is 2.74. The molecular formula is C23H29N3O4S. The van der Waals surface area contributed by atoms with Crippen LogP contribution >= 0.6 is 0 Å². The van der Waals surface area contributed by atoms with Crippen LogP contribution in [-0.4, -0.2) is 43.4 Å². The fourth-order valence-electron chi connectivity index (χ4n) is 3.76. The maximum absolute atomic E-state index is 12.8. The van der Waals surface area contributed by atoms with Crippen LogP contribution in [0, 0.1) is 5.92 Å². The Hall–Kier alpha value is -2.71. The Morgan fingerprint density at radius 1 is 1.03 bits per heavy atom. The highest BCUT2D eigenvalue weighted by atomic mass is 32.2. The molecule has 1 fully saturated rings. The van der Waals surface area contributed by atoms with E-state index in [4.69, 9.17) is 0 Å². The number of rotatable bonds is 8. The van der Waals surface area contributed by atoms with Gasteiger partial charge in [-0.3, -0.25) is 9.59 Å². The van der Waals surface area contributed by atoms with Gasteiger partial charge in [0, 0.05) is 31.4 Å². The summed E-state index contributed by atoms with van der Waals surface area (Å²) in [7, 11) is -3.41. The standard InChI is InChI=1S/C23H29N3O4S/c1-18(27)24-21-12-5-13-22(16-21)25-23(28)20-11-6-14-26(17-20)31(29,30)15-7-10-19-8-3-2-4-9-19/h2-5,8-9,12-13,16,20H,6-7,10-11,14-15,17H2,1H3,(H,24,27)(H,25,28)/t20-/m0/s1. The first-order valence-corrected chi connectivity index (χ1v) is 12.1. The molecule has 0 spiro atoms. The Bertz CT molecular complexity index is 1010. The number of anilines is 2. The average molecular weight is 444 g/mol. The van der Waals surface area contributed by atoms with Crippen LogP contribution in [0.3, 0.4) is 0 Å². The summed E-state index contributed by atoms with van der Waals surface area (Å²) in [6.07, 6.45) is 2.56. The van der Waals surface area contributed by atoms with Gasteiger partial charge in [-0.2, -0.15) is 0 Å². The van der Waals surface area contributed by atoms with E-state index >= 15 is 0 Å². The van der Waals surface area contributed by atoms with E-state index in [1.54, 1.807) is 24.3 Å². The van der Waals surface area contributed by atoms with Gasteiger partial charge >= 0.3 is 0 Å². The van der Waals surface area contributed by atoms with E-state index in [1.807, 2.05) is 30.3 Å².